The Morgan fingerprint density at radius 1 is 0.562 bits per heavy atom. The maximum atomic E-state index is 4.90. The van der Waals surface area contributed by atoms with Crippen molar-refractivity contribution in [2.75, 3.05) is 0 Å². The molecular weight excluding hydrogens is 386 g/mol. The van der Waals surface area contributed by atoms with E-state index in [0.29, 0.717) is 17.8 Å². The van der Waals surface area contributed by atoms with Crippen LogP contribution < -0.4 is 0 Å². The van der Waals surface area contributed by atoms with Crippen LogP contribution in [-0.4, -0.2) is 4.98 Å². The molecule has 0 fully saturated rings. The molecule has 0 aliphatic rings. The summed E-state index contributed by atoms with van der Waals surface area (Å²) in [6.07, 6.45) is 5.31. The summed E-state index contributed by atoms with van der Waals surface area (Å²) in [5.41, 5.74) is 6.62. The number of benzene rings is 3. The van der Waals surface area contributed by atoms with Crippen LogP contribution in [0, 0.1) is 17.8 Å². The van der Waals surface area contributed by atoms with E-state index >= 15 is 0 Å². The maximum Gasteiger partial charge on any atom is 0.0780 e. The maximum absolute atomic E-state index is 4.90. The first-order valence-corrected chi connectivity index (χ1v) is 12.2. The van der Waals surface area contributed by atoms with Crippen molar-refractivity contribution in [1.82, 2.24) is 4.98 Å². The first-order chi connectivity index (χ1) is 15.3. The zero-order valence-electron chi connectivity index (χ0n) is 20.6. The van der Waals surface area contributed by atoms with Gasteiger partial charge in [-0.1, -0.05) is 77.9 Å². The van der Waals surface area contributed by atoms with Gasteiger partial charge in [-0.3, -0.25) is 4.98 Å². The van der Waals surface area contributed by atoms with E-state index < -0.39 is 0 Å². The van der Waals surface area contributed by atoms with E-state index in [2.05, 4.69) is 96.1 Å². The van der Waals surface area contributed by atoms with E-state index in [1.54, 1.807) is 0 Å². The Kier molecular flexibility index (Phi) is 6.65. The average molecular weight is 424 g/mol. The number of hydrogen-bond acceptors (Lipinski definition) is 1. The van der Waals surface area contributed by atoms with Crippen molar-refractivity contribution in [2.24, 2.45) is 17.8 Å². The topological polar surface area (TPSA) is 12.9 Å². The largest absolute Gasteiger partial charge is 0.256 e. The molecule has 0 saturated heterocycles. The number of rotatable bonds is 7. The smallest absolute Gasteiger partial charge is 0.0780 e. The Balaban J connectivity index is 1.89. The first kappa shape index (κ1) is 22.5. The first-order valence-electron chi connectivity index (χ1n) is 12.2. The monoisotopic (exact) mass is 423 g/mol. The zero-order valence-corrected chi connectivity index (χ0v) is 20.6. The highest BCUT2D eigenvalue weighted by molar-refractivity contribution is 6.11. The van der Waals surface area contributed by atoms with Crippen LogP contribution in [0.5, 0.6) is 0 Å². The molecule has 0 spiro atoms. The molecule has 0 unspecified atom stereocenters. The molecule has 1 aromatic heterocycles. The summed E-state index contributed by atoms with van der Waals surface area (Å²) in [5.74, 6) is 1.93. The molecule has 0 aliphatic heterocycles. The summed E-state index contributed by atoms with van der Waals surface area (Å²) in [6, 6.07) is 20.8. The lowest BCUT2D eigenvalue weighted by atomic mass is 9.91. The molecule has 0 aliphatic carbocycles. The number of pyridine rings is 1. The van der Waals surface area contributed by atoms with Gasteiger partial charge in [0.05, 0.1) is 5.69 Å². The predicted octanol–water partition coefficient (Wildman–Crippen LogP) is 8.65. The lowest BCUT2D eigenvalue weighted by Gasteiger charge is -2.15. The van der Waals surface area contributed by atoms with Crippen molar-refractivity contribution in [3.63, 3.8) is 0 Å². The van der Waals surface area contributed by atoms with Gasteiger partial charge in [-0.05, 0) is 88.1 Å². The summed E-state index contributed by atoms with van der Waals surface area (Å²) in [5, 5.41) is 5.19. The van der Waals surface area contributed by atoms with Crippen LogP contribution in [0.2, 0.25) is 0 Å². The number of nitrogens with zero attached hydrogens (tertiary/aromatic N) is 1. The van der Waals surface area contributed by atoms with Crippen LogP contribution in [-0.2, 0) is 19.3 Å². The van der Waals surface area contributed by atoms with E-state index in [1.807, 2.05) is 6.20 Å². The number of fused-ring (bicyclic) bond motifs is 3. The Hall–Kier alpha value is -2.67. The fourth-order valence-electron chi connectivity index (χ4n) is 4.94. The van der Waals surface area contributed by atoms with Gasteiger partial charge in [-0.25, -0.2) is 0 Å². The van der Waals surface area contributed by atoms with Crippen molar-refractivity contribution in [3.05, 3.63) is 77.5 Å². The van der Waals surface area contributed by atoms with E-state index in [4.69, 9.17) is 4.98 Å². The second kappa shape index (κ2) is 9.45. The molecule has 0 radical (unpaired) electrons. The van der Waals surface area contributed by atoms with E-state index in [1.165, 1.54) is 43.8 Å². The highest BCUT2D eigenvalue weighted by Crippen LogP contribution is 2.34. The Bertz CT molecular complexity index is 1200. The van der Waals surface area contributed by atoms with Crippen LogP contribution in [0.4, 0.5) is 0 Å². The third-order valence-corrected chi connectivity index (χ3v) is 6.09. The number of hydrogen-bond donors (Lipinski definition) is 0. The van der Waals surface area contributed by atoms with E-state index in [0.717, 1.165) is 25.0 Å². The van der Waals surface area contributed by atoms with Gasteiger partial charge < -0.3 is 0 Å². The molecule has 0 N–H and O–H groups in total. The van der Waals surface area contributed by atoms with Gasteiger partial charge in [0.25, 0.3) is 0 Å². The lowest BCUT2D eigenvalue weighted by molar-refractivity contribution is 0.636. The summed E-state index contributed by atoms with van der Waals surface area (Å²) in [7, 11) is 0. The van der Waals surface area contributed by atoms with Crippen LogP contribution in [0.15, 0.2) is 60.8 Å². The molecule has 0 bridgehead atoms. The van der Waals surface area contributed by atoms with Gasteiger partial charge >= 0.3 is 0 Å². The van der Waals surface area contributed by atoms with Crippen LogP contribution in [0.1, 0.15) is 58.2 Å². The molecule has 32 heavy (non-hydrogen) atoms. The second-order valence-electron chi connectivity index (χ2n) is 10.7. The predicted molar refractivity (Wildman–Crippen MR) is 140 cm³/mol. The van der Waals surface area contributed by atoms with Crippen molar-refractivity contribution in [3.8, 4) is 11.3 Å². The second-order valence-corrected chi connectivity index (χ2v) is 10.7. The van der Waals surface area contributed by atoms with Crippen molar-refractivity contribution >= 4 is 21.5 Å². The molecule has 0 amide bonds. The molecule has 166 valence electrons. The van der Waals surface area contributed by atoms with Crippen molar-refractivity contribution in [1.29, 1.82) is 0 Å². The Morgan fingerprint density at radius 2 is 1.16 bits per heavy atom. The summed E-state index contributed by atoms with van der Waals surface area (Å²) in [4.78, 5) is 4.90. The highest BCUT2D eigenvalue weighted by Gasteiger charge is 2.12. The standard InChI is InChI=1S/C31H37N/c1-20(2)13-23-7-8-26-9-10-29-28(30(26)19-23)11-12-32-31(29)27-17-24(14-21(3)4)16-25(18-27)15-22(5)6/h7-12,16-22H,13-15H2,1-6H3. The Morgan fingerprint density at radius 3 is 1.78 bits per heavy atom. The average Bonchev–Trinajstić information content (AvgIpc) is 2.71. The minimum atomic E-state index is 0.640. The molecule has 1 heteroatoms. The SMILES string of the molecule is CC(C)Cc1cc(CC(C)C)cc(-c2nccc3c2ccc2ccc(CC(C)C)cc23)c1. The lowest BCUT2D eigenvalue weighted by Crippen LogP contribution is -2.00. The van der Waals surface area contributed by atoms with Crippen LogP contribution in [0.3, 0.4) is 0 Å². The van der Waals surface area contributed by atoms with Crippen LogP contribution in [0.25, 0.3) is 32.8 Å². The highest BCUT2D eigenvalue weighted by atomic mass is 14.7. The third kappa shape index (κ3) is 5.04. The Labute approximate surface area is 193 Å². The molecular formula is C31H37N. The summed E-state index contributed by atoms with van der Waals surface area (Å²) < 4.78 is 0. The molecule has 1 nitrogen and oxygen atoms in total. The third-order valence-electron chi connectivity index (χ3n) is 6.09. The summed E-state index contributed by atoms with van der Waals surface area (Å²) >= 11 is 0. The van der Waals surface area contributed by atoms with Gasteiger partial charge in [-0.2, -0.15) is 0 Å². The van der Waals surface area contributed by atoms with Gasteiger partial charge in [0.2, 0.25) is 0 Å². The molecule has 0 atom stereocenters. The van der Waals surface area contributed by atoms with Crippen LogP contribution >= 0.6 is 0 Å². The fourth-order valence-corrected chi connectivity index (χ4v) is 4.94. The molecule has 4 rings (SSSR count). The van der Waals surface area contributed by atoms with Crippen molar-refractivity contribution in [2.45, 2.75) is 60.8 Å². The minimum absolute atomic E-state index is 0.640. The zero-order chi connectivity index (χ0) is 22.8. The fraction of sp³-hybridized carbons (Fsp3) is 0.387. The molecule has 4 aromatic rings. The van der Waals surface area contributed by atoms with Gasteiger partial charge in [0.15, 0.2) is 0 Å². The van der Waals surface area contributed by atoms with Gasteiger partial charge in [0, 0.05) is 17.1 Å². The number of aromatic nitrogens is 1. The van der Waals surface area contributed by atoms with Crippen molar-refractivity contribution < 1.29 is 0 Å². The normalized spacial score (nSPS) is 12.0. The molecule has 1 heterocycles. The van der Waals surface area contributed by atoms with Gasteiger partial charge in [0.1, 0.15) is 0 Å². The summed E-state index contributed by atoms with van der Waals surface area (Å²) in [6.45, 7) is 13.8. The molecule has 3 aromatic carbocycles. The van der Waals surface area contributed by atoms with E-state index in [9.17, 15) is 0 Å². The molecule has 0 saturated carbocycles. The quantitative estimate of drug-likeness (QED) is 0.271. The minimum Gasteiger partial charge on any atom is -0.256 e. The van der Waals surface area contributed by atoms with Gasteiger partial charge in [-0.15, -0.1) is 0 Å². The van der Waals surface area contributed by atoms with E-state index in [-0.39, 0.29) is 0 Å².